The standard InChI is InChI=1S/C7H12N2S/c1-9-4-7(8)6-2-3-10-5-6/h2-3,5,7,9H,4,8H2,1H3. The average molecular weight is 156 g/mol. The molecule has 1 aromatic rings. The van der Waals surface area contributed by atoms with E-state index < -0.39 is 0 Å². The lowest BCUT2D eigenvalue weighted by atomic mass is 10.2. The van der Waals surface area contributed by atoms with Crippen molar-refractivity contribution in [2.75, 3.05) is 13.6 Å². The second-order valence-electron chi connectivity index (χ2n) is 2.22. The Morgan fingerprint density at radius 1 is 1.80 bits per heavy atom. The van der Waals surface area contributed by atoms with E-state index in [4.69, 9.17) is 5.73 Å². The molecule has 3 N–H and O–H groups in total. The van der Waals surface area contributed by atoms with Gasteiger partial charge in [-0.25, -0.2) is 0 Å². The Hall–Kier alpha value is -0.380. The van der Waals surface area contributed by atoms with E-state index in [2.05, 4.69) is 16.8 Å². The fourth-order valence-electron chi connectivity index (χ4n) is 0.824. The molecule has 0 saturated heterocycles. The topological polar surface area (TPSA) is 38.0 Å². The van der Waals surface area contributed by atoms with Crippen LogP contribution in [-0.2, 0) is 0 Å². The summed E-state index contributed by atoms with van der Waals surface area (Å²) < 4.78 is 0. The maximum atomic E-state index is 5.79. The smallest absolute Gasteiger partial charge is 0.0429 e. The average Bonchev–Trinajstić information content (AvgIpc) is 2.38. The number of nitrogens with one attached hydrogen (secondary N) is 1. The number of rotatable bonds is 3. The molecule has 0 amide bonds. The minimum atomic E-state index is 0.149. The van der Waals surface area contributed by atoms with Crippen molar-refractivity contribution in [3.63, 3.8) is 0 Å². The van der Waals surface area contributed by atoms with Gasteiger partial charge in [0.1, 0.15) is 0 Å². The summed E-state index contributed by atoms with van der Waals surface area (Å²) in [6, 6.07) is 2.21. The van der Waals surface area contributed by atoms with E-state index in [1.54, 1.807) is 11.3 Å². The third-order valence-electron chi connectivity index (χ3n) is 1.40. The van der Waals surface area contributed by atoms with Crippen LogP contribution in [0.25, 0.3) is 0 Å². The number of hydrogen-bond donors (Lipinski definition) is 2. The van der Waals surface area contributed by atoms with Crippen molar-refractivity contribution in [3.8, 4) is 0 Å². The van der Waals surface area contributed by atoms with E-state index in [9.17, 15) is 0 Å². The third-order valence-corrected chi connectivity index (χ3v) is 2.10. The van der Waals surface area contributed by atoms with Crippen molar-refractivity contribution in [1.29, 1.82) is 0 Å². The van der Waals surface area contributed by atoms with Crippen molar-refractivity contribution in [2.45, 2.75) is 6.04 Å². The second kappa shape index (κ2) is 3.71. The molecule has 0 aromatic carbocycles. The minimum Gasteiger partial charge on any atom is -0.323 e. The van der Waals surface area contributed by atoms with Gasteiger partial charge in [-0.1, -0.05) is 0 Å². The molecule has 2 nitrogen and oxygen atoms in total. The summed E-state index contributed by atoms with van der Waals surface area (Å²) in [7, 11) is 1.91. The molecule has 1 rings (SSSR count). The zero-order chi connectivity index (χ0) is 7.40. The summed E-state index contributed by atoms with van der Waals surface area (Å²) in [5.41, 5.74) is 7.02. The summed E-state index contributed by atoms with van der Waals surface area (Å²) in [5.74, 6) is 0. The Balaban J connectivity index is 2.50. The maximum absolute atomic E-state index is 5.79. The highest BCUT2D eigenvalue weighted by Crippen LogP contribution is 2.12. The maximum Gasteiger partial charge on any atom is 0.0429 e. The fraction of sp³-hybridized carbons (Fsp3) is 0.429. The van der Waals surface area contributed by atoms with Gasteiger partial charge >= 0.3 is 0 Å². The van der Waals surface area contributed by atoms with Gasteiger partial charge in [-0.05, 0) is 29.4 Å². The molecule has 0 aliphatic heterocycles. The lowest BCUT2D eigenvalue weighted by molar-refractivity contribution is 0.655. The molecule has 0 saturated carbocycles. The molecule has 1 aromatic heterocycles. The summed E-state index contributed by atoms with van der Waals surface area (Å²) in [6.45, 7) is 0.844. The monoisotopic (exact) mass is 156 g/mol. The Morgan fingerprint density at radius 2 is 2.60 bits per heavy atom. The molecule has 10 heavy (non-hydrogen) atoms. The quantitative estimate of drug-likeness (QED) is 0.684. The molecule has 0 bridgehead atoms. The third kappa shape index (κ3) is 1.80. The zero-order valence-corrected chi connectivity index (χ0v) is 6.82. The summed E-state index contributed by atoms with van der Waals surface area (Å²) in [5, 5.41) is 7.17. The molecule has 56 valence electrons. The van der Waals surface area contributed by atoms with Gasteiger partial charge in [-0.15, -0.1) is 0 Å². The van der Waals surface area contributed by atoms with Crippen molar-refractivity contribution in [3.05, 3.63) is 22.4 Å². The lowest BCUT2D eigenvalue weighted by Crippen LogP contribution is -2.23. The SMILES string of the molecule is CNCC(N)c1ccsc1. The van der Waals surface area contributed by atoms with Gasteiger partial charge in [0.25, 0.3) is 0 Å². The highest BCUT2D eigenvalue weighted by atomic mass is 32.1. The van der Waals surface area contributed by atoms with Crippen LogP contribution in [0.2, 0.25) is 0 Å². The predicted octanol–water partition coefficient (Wildman–Crippen LogP) is 0.967. The Bertz CT molecular complexity index is 172. The molecule has 0 fully saturated rings. The summed E-state index contributed by atoms with van der Waals surface area (Å²) >= 11 is 1.69. The van der Waals surface area contributed by atoms with Gasteiger partial charge in [0.2, 0.25) is 0 Å². The van der Waals surface area contributed by atoms with E-state index in [1.807, 2.05) is 12.4 Å². The Kier molecular flexibility index (Phi) is 2.86. The van der Waals surface area contributed by atoms with Crippen LogP contribution in [-0.4, -0.2) is 13.6 Å². The predicted molar refractivity (Wildman–Crippen MR) is 45.2 cm³/mol. The fourth-order valence-corrected chi connectivity index (χ4v) is 1.55. The van der Waals surface area contributed by atoms with Crippen LogP contribution in [0.5, 0.6) is 0 Å². The first kappa shape index (κ1) is 7.72. The largest absolute Gasteiger partial charge is 0.323 e. The van der Waals surface area contributed by atoms with Crippen LogP contribution in [0.15, 0.2) is 16.8 Å². The lowest BCUT2D eigenvalue weighted by Gasteiger charge is -2.07. The number of likely N-dealkylation sites (N-methyl/N-ethyl adjacent to an activating group) is 1. The molecule has 1 unspecified atom stereocenters. The molecule has 0 aliphatic carbocycles. The molecule has 0 spiro atoms. The van der Waals surface area contributed by atoms with Gasteiger partial charge in [-0.3, -0.25) is 0 Å². The Labute approximate surface area is 65.1 Å². The molecular formula is C7H12N2S. The van der Waals surface area contributed by atoms with Crippen LogP contribution in [0.3, 0.4) is 0 Å². The van der Waals surface area contributed by atoms with E-state index >= 15 is 0 Å². The zero-order valence-electron chi connectivity index (χ0n) is 6.00. The first-order valence-electron chi connectivity index (χ1n) is 3.27. The van der Waals surface area contributed by atoms with Crippen LogP contribution in [0, 0.1) is 0 Å². The van der Waals surface area contributed by atoms with Gasteiger partial charge < -0.3 is 11.1 Å². The van der Waals surface area contributed by atoms with Gasteiger partial charge in [-0.2, -0.15) is 11.3 Å². The highest BCUT2D eigenvalue weighted by molar-refractivity contribution is 7.07. The van der Waals surface area contributed by atoms with Crippen molar-refractivity contribution in [1.82, 2.24) is 5.32 Å². The van der Waals surface area contributed by atoms with E-state index in [0.29, 0.717) is 0 Å². The summed E-state index contributed by atoms with van der Waals surface area (Å²) in [6.07, 6.45) is 0. The van der Waals surface area contributed by atoms with Crippen molar-refractivity contribution >= 4 is 11.3 Å². The van der Waals surface area contributed by atoms with Gasteiger partial charge in [0, 0.05) is 12.6 Å². The molecule has 0 aliphatic rings. The molecule has 0 radical (unpaired) electrons. The van der Waals surface area contributed by atoms with E-state index in [0.717, 1.165) is 6.54 Å². The molecule has 1 heterocycles. The molecule has 3 heteroatoms. The Morgan fingerprint density at radius 3 is 3.10 bits per heavy atom. The highest BCUT2D eigenvalue weighted by Gasteiger charge is 2.02. The normalized spacial score (nSPS) is 13.4. The second-order valence-corrected chi connectivity index (χ2v) is 3.00. The van der Waals surface area contributed by atoms with Gasteiger partial charge in [0.15, 0.2) is 0 Å². The van der Waals surface area contributed by atoms with Crippen LogP contribution in [0.4, 0.5) is 0 Å². The van der Waals surface area contributed by atoms with Gasteiger partial charge in [0.05, 0.1) is 0 Å². The minimum absolute atomic E-state index is 0.149. The van der Waals surface area contributed by atoms with E-state index in [-0.39, 0.29) is 6.04 Å². The van der Waals surface area contributed by atoms with Crippen molar-refractivity contribution < 1.29 is 0 Å². The molecular weight excluding hydrogens is 144 g/mol. The first-order chi connectivity index (χ1) is 4.84. The summed E-state index contributed by atoms with van der Waals surface area (Å²) in [4.78, 5) is 0. The first-order valence-corrected chi connectivity index (χ1v) is 4.21. The number of hydrogen-bond acceptors (Lipinski definition) is 3. The van der Waals surface area contributed by atoms with Crippen molar-refractivity contribution in [2.24, 2.45) is 5.73 Å². The molecule has 1 atom stereocenters. The van der Waals surface area contributed by atoms with Crippen LogP contribution < -0.4 is 11.1 Å². The van der Waals surface area contributed by atoms with E-state index in [1.165, 1.54) is 5.56 Å². The number of thiophene rings is 1. The number of nitrogens with two attached hydrogens (primary N) is 1. The van der Waals surface area contributed by atoms with Crippen LogP contribution in [0.1, 0.15) is 11.6 Å². The van der Waals surface area contributed by atoms with Crippen LogP contribution >= 0.6 is 11.3 Å².